The summed E-state index contributed by atoms with van der Waals surface area (Å²) in [6.07, 6.45) is 3.92. The third kappa shape index (κ3) is 5.18. The summed E-state index contributed by atoms with van der Waals surface area (Å²) in [5.74, 6) is 0.996. The molecule has 0 spiro atoms. The normalized spacial score (nSPS) is 17.3. The Balaban J connectivity index is 1.54. The van der Waals surface area contributed by atoms with E-state index in [0.717, 1.165) is 11.1 Å². The summed E-state index contributed by atoms with van der Waals surface area (Å²) in [4.78, 5) is 18.7. The molecule has 0 aliphatic carbocycles. The number of rotatable bonds is 8. The molecule has 10 heteroatoms. The maximum atomic E-state index is 12.9. The number of pyridine rings is 1. The fraction of sp³-hybridized carbons (Fsp3) is 0.364. The van der Waals surface area contributed by atoms with Crippen LogP contribution in [0.25, 0.3) is 11.4 Å². The van der Waals surface area contributed by atoms with Crippen molar-refractivity contribution in [3.63, 3.8) is 0 Å². The summed E-state index contributed by atoms with van der Waals surface area (Å²) in [6.45, 7) is 2.94. The van der Waals surface area contributed by atoms with Crippen LogP contribution < -0.4 is 0 Å². The van der Waals surface area contributed by atoms with Crippen molar-refractivity contribution in [3.8, 4) is 11.4 Å². The van der Waals surface area contributed by atoms with Gasteiger partial charge in [-0.3, -0.25) is 14.3 Å². The number of thioether (sulfide) groups is 1. The first-order valence-electron chi connectivity index (χ1n) is 10.5. The van der Waals surface area contributed by atoms with Gasteiger partial charge in [-0.15, -0.1) is 10.2 Å². The zero-order valence-electron chi connectivity index (χ0n) is 17.8. The molecule has 1 atom stereocenters. The third-order valence-corrected chi connectivity index (χ3v) is 8.18. The van der Waals surface area contributed by atoms with Crippen LogP contribution in [-0.4, -0.2) is 68.8 Å². The zero-order valence-corrected chi connectivity index (χ0v) is 19.4. The summed E-state index contributed by atoms with van der Waals surface area (Å²) < 4.78 is 25.7. The van der Waals surface area contributed by atoms with Crippen molar-refractivity contribution in [2.45, 2.75) is 31.1 Å². The zero-order chi connectivity index (χ0) is 22.6. The number of hydrogen-bond acceptors (Lipinski definition) is 7. The van der Waals surface area contributed by atoms with Gasteiger partial charge in [-0.05, 0) is 31.0 Å². The fourth-order valence-electron chi connectivity index (χ4n) is 3.89. The van der Waals surface area contributed by atoms with Crippen LogP contribution in [0.5, 0.6) is 0 Å². The first-order valence-corrected chi connectivity index (χ1v) is 13.3. The molecule has 1 aliphatic heterocycles. The monoisotopic (exact) mass is 471 g/mol. The molecular formula is C22H25N5O3S2. The van der Waals surface area contributed by atoms with Crippen molar-refractivity contribution in [1.82, 2.24) is 24.6 Å². The molecule has 0 unspecified atom stereocenters. The van der Waals surface area contributed by atoms with E-state index in [1.807, 2.05) is 54.0 Å². The van der Waals surface area contributed by atoms with Gasteiger partial charge in [-0.25, -0.2) is 8.42 Å². The number of carbonyl (C=O) groups is 1. The Kier molecular flexibility index (Phi) is 6.90. The van der Waals surface area contributed by atoms with Crippen molar-refractivity contribution in [2.75, 3.05) is 23.8 Å². The van der Waals surface area contributed by atoms with E-state index in [0.29, 0.717) is 30.5 Å². The van der Waals surface area contributed by atoms with E-state index < -0.39 is 9.84 Å². The van der Waals surface area contributed by atoms with Crippen molar-refractivity contribution in [3.05, 3.63) is 60.4 Å². The molecule has 0 saturated carbocycles. The standard InChI is InChI=1S/C22H25N5O3S2/c1-2-26(19-10-13-32(29,30)16-19)20(28)15-31-22-25-24-21(18-8-11-23-12-9-18)27(22)14-17-6-4-3-5-7-17/h3-9,11-12,19H,2,10,13-16H2,1H3/t19-/m1/s1. The second-order valence-electron chi connectivity index (χ2n) is 7.64. The van der Waals surface area contributed by atoms with Crippen LogP contribution in [0.3, 0.4) is 0 Å². The minimum Gasteiger partial charge on any atom is -0.338 e. The maximum Gasteiger partial charge on any atom is 0.233 e. The Morgan fingerprint density at radius 1 is 1.16 bits per heavy atom. The number of benzene rings is 1. The minimum atomic E-state index is -3.05. The van der Waals surface area contributed by atoms with Gasteiger partial charge in [0.2, 0.25) is 5.91 Å². The molecule has 0 radical (unpaired) electrons. The Morgan fingerprint density at radius 3 is 2.56 bits per heavy atom. The van der Waals surface area contributed by atoms with Crippen LogP contribution in [0.15, 0.2) is 60.0 Å². The molecule has 1 aliphatic rings. The minimum absolute atomic E-state index is 0.0492. The van der Waals surface area contributed by atoms with Crippen LogP contribution in [0.2, 0.25) is 0 Å². The maximum absolute atomic E-state index is 12.9. The van der Waals surface area contributed by atoms with Crippen LogP contribution in [-0.2, 0) is 21.2 Å². The van der Waals surface area contributed by atoms with Crippen LogP contribution >= 0.6 is 11.8 Å². The van der Waals surface area contributed by atoms with Gasteiger partial charge in [0.25, 0.3) is 0 Å². The van der Waals surface area contributed by atoms with E-state index in [9.17, 15) is 13.2 Å². The van der Waals surface area contributed by atoms with E-state index >= 15 is 0 Å². The van der Waals surface area contributed by atoms with Gasteiger partial charge >= 0.3 is 0 Å². The predicted molar refractivity (Wildman–Crippen MR) is 124 cm³/mol. The topological polar surface area (TPSA) is 98.1 Å². The van der Waals surface area contributed by atoms with Gasteiger partial charge in [0.15, 0.2) is 20.8 Å². The summed E-state index contributed by atoms with van der Waals surface area (Å²) in [6, 6.07) is 13.5. The van der Waals surface area contributed by atoms with Gasteiger partial charge in [0.05, 0.1) is 23.8 Å². The molecule has 1 aromatic carbocycles. The van der Waals surface area contributed by atoms with E-state index in [-0.39, 0.29) is 29.2 Å². The Hall–Kier alpha value is -2.72. The molecule has 1 amide bonds. The summed E-state index contributed by atoms with van der Waals surface area (Å²) in [5.41, 5.74) is 2.00. The summed E-state index contributed by atoms with van der Waals surface area (Å²) in [5, 5.41) is 9.38. The van der Waals surface area contributed by atoms with E-state index in [1.165, 1.54) is 11.8 Å². The fourth-order valence-corrected chi connectivity index (χ4v) is 6.44. The molecular weight excluding hydrogens is 446 g/mol. The average Bonchev–Trinajstić information content (AvgIpc) is 3.36. The molecule has 168 valence electrons. The predicted octanol–water partition coefficient (Wildman–Crippen LogP) is 2.52. The number of hydrogen-bond donors (Lipinski definition) is 0. The molecule has 4 rings (SSSR count). The molecule has 0 bridgehead atoms. The lowest BCUT2D eigenvalue weighted by molar-refractivity contribution is -0.129. The smallest absolute Gasteiger partial charge is 0.233 e. The van der Waals surface area contributed by atoms with Crippen molar-refractivity contribution in [1.29, 1.82) is 0 Å². The van der Waals surface area contributed by atoms with E-state index in [1.54, 1.807) is 17.3 Å². The van der Waals surface area contributed by atoms with Gasteiger partial charge in [0, 0.05) is 30.5 Å². The molecule has 0 N–H and O–H groups in total. The highest BCUT2D eigenvalue weighted by Gasteiger charge is 2.34. The van der Waals surface area contributed by atoms with E-state index in [2.05, 4.69) is 15.2 Å². The first kappa shape index (κ1) is 22.5. The second-order valence-corrected chi connectivity index (χ2v) is 10.8. The lowest BCUT2D eigenvalue weighted by atomic mass is 10.2. The quantitative estimate of drug-likeness (QED) is 0.466. The van der Waals surface area contributed by atoms with Gasteiger partial charge < -0.3 is 4.90 Å². The Bertz CT molecular complexity index is 1170. The highest BCUT2D eigenvalue weighted by Crippen LogP contribution is 2.26. The number of nitrogens with zero attached hydrogens (tertiary/aromatic N) is 5. The third-order valence-electron chi connectivity index (χ3n) is 5.47. The summed E-state index contributed by atoms with van der Waals surface area (Å²) >= 11 is 1.33. The highest BCUT2D eigenvalue weighted by atomic mass is 32.2. The lowest BCUT2D eigenvalue weighted by Gasteiger charge is -2.26. The molecule has 3 aromatic rings. The number of aromatic nitrogens is 4. The molecule has 3 heterocycles. The largest absolute Gasteiger partial charge is 0.338 e. The Morgan fingerprint density at radius 2 is 1.91 bits per heavy atom. The van der Waals surface area contributed by atoms with Gasteiger partial charge in [-0.2, -0.15) is 0 Å². The van der Waals surface area contributed by atoms with Crippen LogP contribution in [0, 0.1) is 0 Å². The number of amides is 1. The van der Waals surface area contributed by atoms with Crippen LogP contribution in [0.4, 0.5) is 0 Å². The van der Waals surface area contributed by atoms with Crippen LogP contribution in [0.1, 0.15) is 18.9 Å². The highest BCUT2D eigenvalue weighted by molar-refractivity contribution is 7.99. The van der Waals surface area contributed by atoms with Crippen molar-refractivity contribution >= 4 is 27.5 Å². The molecule has 1 saturated heterocycles. The number of sulfone groups is 1. The molecule has 1 fully saturated rings. The van der Waals surface area contributed by atoms with Crippen molar-refractivity contribution in [2.24, 2.45) is 0 Å². The van der Waals surface area contributed by atoms with Gasteiger partial charge in [-0.1, -0.05) is 42.1 Å². The Labute approximate surface area is 192 Å². The molecule has 2 aromatic heterocycles. The summed E-state index contributed by atoms with van der Waals surface area (Å²) in [7, 11) is -3.05. The molecule has 32 heavy (non-hydrogen) atoms. The lowest BCUT2D eigenvalue weighted by Crippen LogP contribution is -2.42. The van der Waals surface area contributed by atoms with Crippen molar-refractivity contribution < 1.29 is 13.2 Å². The van der Waals surface area contributed by atoms with E-state index in [4.69, 9.17) is 0 Å². The SMILES string of the molecule is CCN(C(=O)CSc1nnc(-c2ccncc2)n1Cc1ccccc1)[C@@H]1CCS(=O)(=O)C1. The average molecular weight is 472 g/mol. The number of carbonyl (C=O) groups excluding carboxylic acids is 1. The van der Waals surface area contributed by atoms with Gasteiger partial charge in [0.1, 0.15) is 0 Å². The second kappa shape index (κ2) is 9.83. The first-order chi connectivity index (χ1) is 15.5. The molecule has 8 nitrogen and oxygen atoms in total.